The van der Waals surface area contributed by atoms with Gasteiger partial charge in [-0.05, 0) is 56.9 Å². The Morgan fingerprint density at radius 2 is 2.00 bits per heavy atom. The van der Waals surface area contributed by atoms with Crippen LogP contribution in [0.2, 0.25) is 0 Å². The Morgan fingerprint density at radius 1 is 1.41 bits per heavy atom. The zero-order valence-corrected chi connectivity index (χ0v) is 15.3. The minimum Gasteiger partial charge on any atom is -0.242 e. The van der Waals surface area contributed by atoms with E-state index in [0.717, 1.165) is 6.42 Å². The second-order valence-corrected chi connectivity index (χ2v) is 9.58. The van der Waals surface area contributed by atoms with Gasteiger partial charge in [-0.1, -0.05) is 19.4 Å². The Bertz CT molecular complexity index is 504. The molecule has 0 unspecified atom stereocenters. The van der Waals surface area contributed by atoms with Crippen LogP contribution in [0.25, 0.3) is 0 Å². The minimum atomic E-state index is -1.01. The Morgan fingerprint density at radius 3 is 2.32 bits per heavy atom. The van der Waals surface area contributed by atoms with Gasteiger partial charge in [0.2, 0.25) is 0 Å². The summed E-state index contributed by atoms with van der Waals surface area (Å²) in [5.74, 6) is 0. The molecule has 1 saturated carbocycles. The van der Waals surface area contributed by atoms with Crippen molar-refractivity contribution in [3.63, 3.8) is 0 Å². The summed E-state index contributed by atoms with van der Waals surface area (Å²) in [6, 6.07) is 4.51. The van der Waals surface area contributed by atoms with E-state index in [0.29, 0.717) is 5.41 Å². The van der Waals surface area contributed by atoms with Gasteiger partial charge in [-0.15, -0.1) is 11.3 Å². The van der Waals surface area contributed by atoms with E-state index in [1.807, 2.05) is 20.8 Å². The molecule has 1 fully saturated rings. The van der Waals surface area contributed by atoms with E-state index in [1.165, 1.54) is 24.1 Å². The van der Waals surface area contributed by atoms with E-state index in [-0.39, 0.29) is 16.9 Å². The molecule has 1 N–H and O–H groups in total. The fraction of sp³-hybridized carbons (Fsp3) is 0.688. The van der Waals surface area contributed by atoms with Crippen molar-refractivity contribution in [1.29, 1.82) is 0 Å². The molecule has 0 bridgehead atoms. The van der Waals surface area contributed by atoms with E-state index in [1.54, 1.807) is 11.3 Å². The minimum absolute atomic E-state index is 0.214. The standard InChI is InChI=1S/C15H25NOS2.CO2/c1-5-15(9-7-10-15)13(12-8-6-11-18-12)16-19(17)14(2,3)4;2-1-3/h6,8,11,13,16H,5,7,9-10H2,1-4H3;/t13-,19+;/m0./s1. The quantitative estimate of drug-likeness (QED) is 0.883. The van der Waals surface area contributed by atoms with Crippen LogP contribution in [0.3, 0.4) is 0 Å². The first-order valence-corrected chi connectivity index (χ1v) is 9.54. The number of rotatable bonds is 5. The highest BCUT2D eigenvalue weighted by Crippen LogP contribution is 2.53. The average Bonchev–Trinajstić information content (AvgIpc) is 2.90. The molecule has 1 aliphatic carbocycles. The van der Waals surface area contributed by atoms with Crippen LogP contribution in [0, 0.1) is 5.41 Å². The molecular formula is C16H25NO3S2. The highest BCUT2D eigenvalue weighted by Gasteiger charge is 2.45. The maximum absolute atomic E-state index is 12.5. The number of nitrogens with one attached hydrogen (secondary N) is 1. The van der Waals surface area contributed by atoms with Gasteiger partial charge in [-0.2, -0.15) is 9.59 Å². The highest BCUT2D eigenvalue weighted by atomic mass is 32.2. The monoisotopic (exact) mass is 343 g/mol. The summed E-state index contributed by atoms with van der Waals surface area (Å²) < 4.78 is 15.7. The van der Waals surface area contributed by atoms with Gasteiger partial charge in [0.05, 0.1) is 21.8 Å². The predicted octanol–water partition coefficient (Wildman–Crippen LogP) is 3.84. The van der Waals surface area contributed by atoms with Gasteiger partial charge in [0.25, 0.3) is 0 Å². The highest BCUT2D eigenvalue weighted by molar-refractivity contribution is 7.84. The van der Waals surface area contributed by atoms with Crippen molar-refractivity contribution in [1.82, 2.24) is 4.72 Å². The summed E-state index contributed by atoms with van der Waals surface area (Å²) in [5, 5.41) is 2.12. The fourth-order valence-corrected chi connectivity index (χ4v) is 4.64. The van der Waals surface area contributed by atoms with Gasteiger partial charge in [-0.25, -0.2) is 8.93 Å². The van der Waals surface area contributed by atoms with Crippen LogP contribution in [0.15, 0.2) is 17.5 Å². The first-order valence-electron chi connectivity index (χ1n) is 7.51. The van der Waals surface area contributed by atoms with Crippen LogP contribution >= 0.6 is 11.3 Å². The summed E-state index contributed by atoms with van der Waals surface area (Å²) in [5.41, 5.74) is 0.311. The molecule has 4 nitrogen and oxygen atoms in total. The number of hydrogen-bond acceptors (Lipinski definition) is 4. The van der Waals surface area contributed by atoms with Gasteiger partial charge >= 0.3 is 6.15 Å². The van der Waals surface area contributed by atoms with Crippen LogP contribution in [-0.2, 0) is 20.6 Å². The molecule has 1 heterocycles. The van der Waals surface area contributed by atoms with E-state index in [2.05, 4.69) is 29.2 Å². The third-order valence-corrected chi connectivity index (χ3v) is 6.77. The van der Waals surface area contributed by atoms with Gasteiger partial charge in [0, 0.05) is 4.88 Å². The molecule has 124 valence electrons. The zero-order valence-electron chi connectivity index (χ0n) is 13.7. The molecule has 0 spiro atoms. The lowest BCUT2D eigenvalue weighted by Gasteiger charge is -2.47. The predicted molar refractivity (Wildman–Crippen MR) is 89.7 cm³/mol. The topological polar surface area (TPSA) is 63.2 Å². The maximum atomic E-state index is 12.5. The molecule has 0 aliphatic heterocycles. The normalized spacial score (nSPS) is 19.1. The smallest absolute Gasteiger partial charge is 0.242 e. The first-order chi connectivity index (χ1) is 10.3. The van der Waals surface area contributed by atoms with Crippen molar-refractivity contribution >= 4 is 28.5 Å². The summed E-state index contributed by atoms with van der Waals surface area (Å²) in [4.78, 5) is 17.6. The molecule has 1 aliphatic rings. The van der Waals surface area contributed by atoms with E-state index in [9.17, 15) is 4.21 Å². The van der Waals surface area contributed by atoms with Crippen molar-refractivity contribution in [2.75, 3.05) is 0 Å². The number of hydrogen-bond donors (Lipinski definition) is 1. The third-order valence-electron chi connectivity index (χ3n) is 4.27. The lowest BCUT2D eigenvalue weighted by molar-refractivity contribution is -0.191. The van der Waals surface area contributed by atoms with Crippen molar-refractivity contribution in [3.8, 4) is 0 Å². The Labute approximate surface area is 139 Å². The van der Waals surface area contributed by atoms with Crippen LogP contribution < -0.4 is 4.72 Å². The van der Waals surface area contributed by atoms with Crippen LogP contribution in [0.5, 0.6) is 0 Å². The third kappa shape index (κ3) is 4.59. The zero-order chi connectivity index (χ0) is 16.8. The summed E-state index contributed by atoms with van der Waals surface area (Å²) in [7, 11) is -1.01. The molecule has 22 heavy (non-hydrogen) atoms. The molecule has 2 rings (SSSR count). The van der Waals surface area contributed by atoms with Gasteiger partial charge < -0.3 is 0 Å². The molecule has 1 aromatic heterocycles. The molecule has 2 atom stereocenters. The molecule has 1 aromatic rings. The van der Waals surface area contributed by atoms with Crippen LogP contribution in [0.4, 0.5) is 0 Å². The van der Waals surface area contributed by atoms with E-state index in [4.69, 9.17) is 9.59 Å². The summed E-state index contributed by atoms with van der Waals surface area (Å²) in [6.45, 7) is 8.35. The molecule has 0 aromatic carbocycles. The van der Waals surface area contributed by atoms with Crippen LogP contribution in [0.1, 0.15) is 64.3 Å². The Balaban J connectivity index is 0.000000745. The van der Waals surface area contributed by atoms with E-state index >= 15 is 0 Å². The van der Waals surface area contributed by atoms with E-state index < -0.39 is 11.0 Å². The van der Waals surface area contributed by atoms with Gasteiger partial charge in [0.1, 0.15) is 0 Å². The first kappa shape index (κ1) is 19.2. The van der Waals surface area contributed by atoms with Gasteiger partial charge in [0.15, 0.2) is 0 Å². The largest absolute Gasteiger partial charge is 0.373 e. The molecule has 0 saturated heterocycles. The second kappa shape index (κ2) is 8.16. The Kier molecular flexibility index (Phi) is 7.13. The summed E-state index contributed by atoms with van der Waals surface area (Å²) >= 11 is 1.78. The van der Waals surface area contributed by atoms with Crippen molar-refractivity contribution in [3.05, 3.63) is 22.4 Å². The Hall–Kier alpha value is -0.810. The molecule has 6 heteroatoms. The lowest BCUT2D eigenvalue weighted by Crippen LogP contribution is -2.46. The SMILES string of the molecule is CCC1([C@@H](N[S@](=O)C(C)(C)C)c2cccs2)CCC1.O=C=O. The van der Waals surface area contributed by atoms with Crippen molar-refractivity contribution < 1.29 is 13.8 Å². The molecule has 0 radical (unpaired) electrons. The maximum Gasteiger partial charge on any atom is 0.373 e. The fourth-order valence-electron chi connectivity index (χ4n) is 2.70. The second-order valence-electron chi connectivity index (χ2n) is 6.60. The average molecular weight is 344 g/mol. The van der Waals surface area contributed by atoms with Gasteiger partial charge in [-0.3, -0.25) is 0 Å². The van der Waals surface area contributed by atoms with Crippen molar-refractivity contribution in [2.24, 2.45) is 5.41 Å². The molecular weight excluding hydrogens is 318 g/mol. The van der Waals surface area contributed by atoms with Crippen molar-refractivity contribution in [2.45, 2.75) is 64.2 Å². The summed E-state index contributed by atoms with van der Waals surface area (Å²) in [6.07, 6.45) is 5.21. The number of thiophene rings is 1. The molecule has 0 amide bonds. The van der Waals surface area contributed by atoms with Crippen LogP contribution in [-0.4, -0.2) is 15.1 Å². The number of carbonyl (C=O) groups excluding carboxylic acids is 2. The lowest BCUT2D eigenvalue weighted by atomic mass is 9.62.